The maximum atomic E-state index is 6.08. The number of ether oxygens (including phenoxy) is 2. The van der Waals surface area contributed by atoms with Gasteiger partial charge in [-0.2, -0.15) is 0 Å². The van der Waals surface area contributed by atoms with E-state index in [-0.39, 0.29) is 15.1 Å². The van der Waals surface area contributed by atoms with E-state index in [1.54, 1.807) is 0 Å². The Morgan fingerprint density at radius 2 is 1.44 bits per heavy atom. The van der Waals surface area contributed by atoms with Gasteiger partial charge < -0.3 is 9.47 Å². The maximum Gasteiger partial charge on any atom is 0.193 e. The van der Waals surface area contributed by atoms with Crippen molar-refractivity contribution >= 4 is 31.9 Å². The highest BCUT2D eigenvalue weighted by Crippen LogP contribution is 2.47. The van der Waals surface area contributed by atoms with Crippen LogP contribution in [0.3, 0.4) is 0 Å². The second-order valence-electron chi connectivity index (χ2n) is 5.97. The lowest BCUT2D eigenvalue weighted by Gasteiger charge is -2.51. The summed E-state index contributed by atoms with van der Waals surface area (Å²) in [6.45, 7) is 8.18. The third-order valence-electron chi connectivity index (χ3n) is 3.47. The molecule has 2 unspecified atom stereocenters. The first kappa shape index (κ1) is 13.3. The Morgan fingerprint density at radius 1 is 1.00 bits per heavy atom. The van der Waals surface area contributed by atoms with Gasteiger partial charge >= 0.3 is 0 Å². The van der Waals surface area contributed by atoms with E-state index in [2.05, 4.69) is 52.6 Å². The second kappa shape index (κ2) is 4.52. The molecule has 2 aliphatic rings. The van der Waals surface area contributed by atoms with E-state index in [0.717, 1.165) is 26.1 Å². The summed E-state index contributed by atoms with van der Waals surface area (Å²) < 4.78 is 12.2. The molecule has 1 aliphatic carbocycles. The van der Waals surface area contributed by atoms with Gasteiger partial charge in [-0.05, 0) is 18.8 Å². The highest BCUT2D eigenvalue weighted by molar-refractivity contribution is 9.10. The Balaban J connectivity index is 2.12. The van der Waals surface area contributed by atoms with Gasteiger partial charge in [0.1, 0.15) is 0 Å². The summed E-state index contributed by atoms with van der Waals surface area (Å²) in [6.07, 6.45) is 2.23. The van der Waals surface area contributed by atoms with E-state index < -0.39 is 5.79 Å². The Hall–Kier alpha value is 0.880. The van der Waals surface area contributed by atoms with Crippen LogP contribution in [-0.2, 0) is 9.47 Å². The van der Waals surface area contributed by atoms with Crippen molar-refractivity contribution in [3.63, 3.8) is 0 Å². The molecule has 1 saturated heterocycles. The van der Waals surface area contributed by atoms with Gasteiger partial charge in [-0.25, -0.2) is 0 Å². The van der Waals surface area contributed by atoms with Crippen LogP contribution in [0.15, 0.2) is 0 Å². The van der Waals surface area contributed by atoms with Crippen molar-refractivity contribution in [2.75, 3.05) is 13.2 Å². The van der Waals surface area contributed by atoms with Crippen molar-refractivity contribution in [3.05, 3.63) is 0 Å². The summed E-state index contributed by atoms with van der Waals surface area (Å²) in [5.74, 6) is 0.253. The molecule has 94 valence electrons. The molecule has 0 amide bonds. The maximum absolute atomic E-state index is 6.08. The van der Waals surface area contributed by atoms with Gasteiger partial charge in [-0.1, -0.05) is 52.6 Å². The van der Waals surface area contributed by atoms with Crippen molar-refractivity contribution < 1.29 is 9.47 Å². The van der Waals surface area contributed by atoms with E-state index in [0.29, 0.717) is 5.92 Å². The Bertz CT molecular complexity index is 244. The average molecular weight is 356 g/mol. The van der Waals surface area contributed by atoms with E-state index in [1.165, 1.54) is 0 Å². The fourth-order valence-corrected chi connectivity index (χ4v) is 5.19. The number of hydrogen-bond donors (Lipinski definition) is 0. The molecule has 2 atom stereocenters. The van der Waals surface area contributed by atoms with E-state index in [1.807, 2.05) is 0 Å². The minimum Gasteiger partial charge on any atom is -0.347 e. The van der Waals surface area contributed by atoms with Crippen LogP contribution in [0.5, 0.6) is 0 Å². The summed E-state index contributed by atoms with van der Waals surface area (Å²) in [4.78, 5) is 0.563. The van der Waals surface area contributed by atoms with Gasteiger partial charge in [-0.3, -0.25) is 0 Å². The first-order valence-electron chi connectivity index (χ1n) is 5.92. The third-order valence-corrected chi connectivity index (χ3v) is 5.49. The zero-order valence-corrected chi connectivity index (χ0v) is 13.3. The first-order valence-corrected chi connectivity index (χ1v) is 7.75. The molecule has 1 heterocycles. The largest absolute Gasteiger partial charge is 0.347 e. The van der Waals surface area contributed by atoms with Gasteiger partial charge in [0, 0.05) is 5.41 Å². The molecule has 0 aromatic heterocycles. The first-order chi connectivity index (χ1) is 7.36. The fourth-order valence-electron chi connectivity index (χ4n) is 2.39. The minimum absolute atomic E-state index is 0.133. The zero-order valence-electron chi connectivity index (χ0n) is 10.1. The predicted molar refractivity (Wildman–Crippen MR) is 72.2 cm³/mol. The number of alkyl halides is 2. The number of rotatable bonds is 0. The van der Waals surface area contributed by atoms with Gasteiger partial charge in [-0.15, -0.1) is 0 Å². The summed E-state index contributed by atoms with van der Waals surface area (Å²) >= 11 is 7.49. The molecule has 1 aliphatic heterocycles. The van der Waals surface area contributed by atoms with Crippen molar-refractivity contribution in [2.45, 2.75) is 49.1 Å². The smallest absolute Gasteiger partial charge is 0.193 e. The molecule has 0 aromatic rings. The molecule has 0 radical (unpaired) electrons. The summed E-state index contributed by atoms with van der Waals surface area (Å²) in [5, 5.41) is 0. The monoisotopic (exact) mass is 354 g/mol. The Labute approximate surface area is 115 Å². The predicted octanol–water partition coefficient (Wildman–Crippen LogP) is 3.71. The normalized spacial score (nSPS) is 42.2. The van der Waals surface area contributed by atoms with Crippen LogP contribution in [0.4, 0.5) is 0 Å². The summed E-state index contributed by atoms with van der Waals surface area (Å²) in [7, 11) is 0. The lowest BCUT2D eigenvalue weighted by Crippen LogP contribution is -2.60. The van der Waals surface area contributed by atoms with Crippen LogP contribution in [0.1, 0.15) is 33.6 Å². The quantitative estimate of drug-likeness (QED) is 0.616. The van der Waals surface area contributed by atoms with Gasteiger partial charge in [0.25, 0.3) is 0 Å². The Morgan fingerprint density at radius 3 is 1.88 bits per heavy atom. The average Bonchev–Trinajstić information content (AvgIpc) is 2.15. The van der Waals surface area contributed by atoms with Crippen LogP contribution in [-0.4, -0.2) is 28.7 Å². The molecule has 2 rings (SSSR count). The third kappa shape index (κ3) is 2.36. The van der Waals surface area contributed by atoms with Gasteiger partial charge in [0.15, 0.2) is 5.79 Å². The molecule has 1 saturated carbocycles. The molecule has 0 N–H and O–H groups in total. The summed E-state index contributed by atoms with van der Waals surface area (Å²) in [5.41, 5.74) is 0.133. The van der Waals surface area contributed by atoms with Crippen molar-refractivity contribution in [2.24, 2.45) is 11.3 Å². The molecule has 4 heteroatoms. The van der Waals surface area contributed by atoms with Crippen LogP contribution in [0.2, 0.25) is 0 Å². The molecule has 0 aromatic carbocycles. The lowest BCUT2D eigenvalue weighted by molar-refractivity contribution is -0.303. The van der Waals surface area contributed by atoms with Crippen LogP contribution in [0.25, 0.3) is 0 Å². The Kier molecular flexibility index (Phi) is 3.76. The molecule has 0 bridgehead atoms. The number of halogens is 2. The van der Waals surface area contributed by atoms with E-state index >= 15 is 0 Å². The van der Waals surface area contributed by atoms with Gasteiger partial charge in [0.2, 0.25) is 0 Å². The lowest BCUT2D eigenvalue weighted by atomic mass is 9.84. The topological polar surface area (TPSA) is 18.5 Å². The van der Waals surface area contributed by atoms with Crippen LogP contribution >= 0.6 is 31.9 Å². The SMILES string of the molecule is CC1CC(Br)C2(OCC(C)(C)CO2)C(Br)C1. The van der Waals surface area contributed by atoms with Crippen LogP contribution < -0.4 is 0 Å². The van der Waals surface area contributed by atoms with Crippen molar-refractivity contribution in [1.82, 2.24) is 0 Å². The highest BCUT2D eigenvalue weighted by atomic mass is 79.9. The van der Waals surface area contributed by atoms with E-state index in [9.17, 15) is 0 Å². The fraction of sp³-hybridized carbons (Fsp3) is 1.00. The highest BCUT2D eigenvalue weighted by Gasteiger charge is 2.53. The van der Waals surface area contributed by atoms with Gasteiger partial charge in [0.05, 0.1) is 22.9 Å². The van der Waals surface area contributed by atoms with Crippen molar-refractivity contribution in [1.29, 1.82) is 0 Å². The molecule has 2 nitrogen and oxygen atoms in total. The molecule has 1 spiro atoms. The zero-order chi connectivity index (χ0) is 12.0. The minimum atomic E-state index is -0.456. The van der Waals surface area contributed by atoms with E-state index in [4.69, 9.17) is 9.47 Å². The molecular formula is C12H20Br2O2. The summed E-state index contributed by atoms with van der Waals surface area (Å²) in [6, 6.07) is 0. The molecular weight excluding hydrogens is 336 g/mol. The second-order valence-corrected chi connectivity index (χ2v) is 8.19. The molecule has 16 heavy (non-hydrogen) atoms. The van der Waals surface area contributed by atoms with Crippen LogP contribution in [0, 0.1) is 11.3 Å². The standard InChI is InChI=1S/C12H20Br2O2/c1-8-4-9(13)12(10(14)5-8)15-6-11(2,3)7-16-12/h8-10H,4-7H2,1-3H3. The van der Waals surface area contributed by atoms with Crippen molar-refractivity contribution in [3.8, 4) is 0 Å². The molecule has 2 fully saturated rings. The number of hydrogen-bond acceptors (Lipinski definition) is 2.